The van der Waals surface area contributed by atoms with Gasteiger partial charge in [-0.25, -0.2) is 0 Å². The fraction of sp³-hybridized carbons (Fsp3) is 0.250. The summed E-state index contributed by atoms with van der Waals surface area (Å²) in [6, 6.07) is 9.77. The third-order valence-electron chi connectivity index (χ3n) is 3.29. The van der Waals surface area contributed by atoms with Gasteiger partial charge in [0.25, 0.3) is 0 Å². The van der Waals surface area contributed by atoms with Crippen LogP contribution in [-0.2, 0) is 6.42 Å². The topological polar surface area (TPSA) is 30.0 Å². The number of rotatable bonds is 3. The van der Waals surface area contributed by atoms with Crippen molar-refractivity contribution in [3.05, 3.63) is 64.5 Å². The Morgan fingerprint density at radius 1 is 1.06 bits per heavy atom. The van der Waals surface area contributed by atoms with Crippen molar-refractivity contribution in [3.63, 3.8) is 0 Å². The predicted molar refractivity (Wildman–Crippen MR) is 72.9 cm³/mol. The number of ketones is 1. The Bertz CT molecular complexity index is 567. The second-order valence-corrected chi connectivity index (χ2v) is 4.61. The Labute approximate surface area is 108 Å². The maximum absolute atomic E-state index is 12.3. The van der Waals surface area contributed by atoms with Crippen molar-refractivity contribution in [2.45, 2.75) is 27.2 Å². The lowest BCUT2D eigenvalue weighted by Crippen LogP contribution is -2.08. The molecule has 1 aromatic heterocycles. The molecule has 1 aromatic carbocycles. The van der Waals surface area contributed by atoms with Crippen LogP contribution in [0, 0.1) is 20.8 Å². The van der Waals surface area contributed by atoms with Gasteiger partial charge in [-0.15, -0.1) is 0 Å². The molecule has 0 N–H and O–H groups in total. The van der Waals surface area contributed by atoms with E-state index >= 15 is 0 Å². The van der Waals surface area contributed by atoms with Crippen molar-refractivity contribution in [1.82, 2.24) is 4.98 Å². The number of pyridine rings is 1. The molecule has 0 saturated carbocycles. The number of aromatic nitrogens is 1. The van der Waals surface area contributed by atoms with Crippen LogP contribution in [0.25, 0.3) is 0 Å². The van der Waals surface area contributed by atoms with Crippen LogP contribution in [0.5, 0.6) is 0 Å². The van der Waals surface area contributed by atoms with Gasteiger partial charge in [0.1, 0.15) is 0 Å². The Balaban J connectivity index is 2.30. The molecule has 1 heterocycles. The zero-order valence-electron chi connectivity index (χ0n) is 11.0. The summed E-state index contributed by atoms with van der Waals surface area (Å²) in [5, 5.41) is 0. The second-order valence-electron chi connectivity index (χ2n) is 4.61. The number of benzene rings is 1. The van der Waals surface area contributed by atoms with E-state index < -0.39 is 0 Å². The molecule has 0 fully saturated rings. The van der Waals surface area contributed by atoms with E-state index in [-0.39, 0.29) is 5.78 Å². The van der Waals surface area contributed by atoms with Crippen LogP contribution in [0.4, 0.5) is 0 Å². The fourth-order valence-electron chi connectivity index (χ4n) is 2.16. The van der Waals surface area contributed by atoms with Crippen LogP contribution >= 0.6 is 0 Å². The molecule has 0 aliphatic heterocycles. The Kier molecular flexibility index (Phi) is 3.56. The zero-order chi connectivity index (χ0) is 13.1. The molecule has 0 aliphatic carbocycles. The largest absolute Gasteiger partial charge is 0.294 e. The molecule has 0 bridgehead atoms. The summed E-state index contributed by atoms with van der Waals surface area (Å²) in [6.07, 6.45) is 2.16. The summed E-state index contributed by atoms with van der Waals surface area (Å²) < 4.78 is 0. The number of hydrogen-bond acceptors (Lipinski definition) is 2. The smallest absolute Gasteiger partial charge is 0.169 e. The SMILES string of the molecule is Cc1cccc(C)c1CC(=O)c1cccnc1C. The van der Waals surface area contributed by atoms with Crippen LogP contribution in [0.15, 0.2) is 36.5 Å². The normalized spacial score (nSPS) is 10.4. The molecule has 0 spiro atoms. The highest BCUT2D eigenvalue weighted by atomic mass is 16.1. The Morgan fingerprint density at radius 2 is 1.72 bits per heavy atom. The Hall–Kier alpha value is -1.96. The summed E-state index contributed by atoms with van der Waals surface area (Å²) in [4.78, 5) is 16.5. The average molecular weight is 239 g/mol. The lowest BCUT2D eigenvalue weighted by molar-refractivity contribution is 0.0991. The summed E-state index contributed by atoms with van der Waals surface area (Å²) in [5.41, 5.74) is 4.99. The zero-order valence-corrected chi connectivity index (χ0v) is 11.0. The van der Waals surface area contributed by atoms with Crippen LogP contribution in [-0.4, -0.2) is 10.8 Å². The van der Waals surface area contributed by atoms with Gasteiger partial charge in [0.15, 0.2) is 5.78 Å². The van der Waals surface area contributed by atoms with Crippen LogP contribution in [0.2, 0.25) is 0 Å². The van der Waals surface area contributed by atoms with E-state index in [1.54, 1.807) is 6.20 Å². The molecule has 18 heavy (non-hydrogen) atoms. The maximum atomic E-state index is 12.3. The highest BCUT2D eigenvalue weighted by molar-refractivity contribution is 5.98. The quantitative estimate of drug-likeness (QED) is 0.768. The number of nitrogens with zero attached hydrogens (tertiary/aromatic N) is 1. The van der Waals surface area contributed by atoms with E-state index in [2.05, 4.69) is 4.98 Å². The number of aryl methyl sites for hydroxylation is 3. The highest BCUT2D eigenvalue weighted by Crippen LogP contribution is 2.17. The van der Waals surface area contributed by atoms with Gasteiger partial charge in [-0.2, -0.15) is 0 Å². The second kappa shape index (κ2) is 5.13. The summed E-state index contributed by atoms with van der Waals surface area (Å²) in [5.74, 6) is 0.137. The molecule has 0 amide bonds. The molecular weight excluding hydrogens is 222 g/mol. The highest BCUT2D eigenvalue weighted by Gasteiger charge is 2.12. The van der Waals surface area contributed by atoms with Crippen LogP contribution in [0.1, 0.15) is 32.7 Å². The summed E-state index contributed by atoms with van der Waals surface area (Å²) in [6.45, 7) is 5.97. The van der Waals surface area contributed by atoms with Gasteiger partial charge in [-0.1, -0.05) is 18.2 Å². The fourth-order valence-corrected chi connectivity index (χ4v) is 2.16. The molecule has 0 unspecified atom stereocenters. The molecule has 0 saturated heterocycles. The predicted octanol–water partition coefficient (Wildman–Crippen LogP) is 3.43. The van der Waals surface area contributed by atoms with Crippen LogP contribution < -0.4 is 0 Å². The third kappa shape index (κ3) is 2.48. The van der Waals surface area contributed by atoms with Crippen molar-refractivity contribution in [3.8, 4) is 0 Å². The summed E-state index contributed by atoms with van der Waals surface area (Å²) in [7, 11) is 0. The van der Waals surface area contributed by atoms with E-state index in [9.17, 15) is 4.79 Å². The minimum atomic E-state index is 0.137. The molecule has 92 valence electrons. The molecular formula is C16H17NO. The minimum Gasteiger partial charge on any atom is -0.294 e. The molecule has 0 atom stereocenters. The van der Waals surface area contributed by atoms with Crippen molar-refractivity contribution < 1.29 is 4.79 Å². The summed E-state index contributed by atoms with van der Waals surface area (Å²) >= 11 is 0. The van der Waals surface area contributed by atoms with E-state index in [1.807, 2.05) is 51.1 Å². The molecule has 2 rings (SSSR count). The van der Waals surface area contributed by atoms with Crippen molar-refractivity contribution in [1.29, 1.82) is 0 Å². The number of carbonyl (C=O) groups is 1. The van der Waals surface area contributed by atoms with E-state index in [1.165, 1.54) is 11.1 Å². The van der Waals surface area contributed by atoms with Gasteiger partial charge < -0.3 is 0 Å². The monoisotopic (exact) mass is 239 g/mol. The minimum absolute atomic E-state index is 0.137. The third-order valence-corrected chi connectivity index (χ3v) is 3.29. The van der Waals surface area contributed by atoms with Crippen molar-refractivity contribution in [2.75, 3.05) is 0 Å². The molecule has 2 heteroatoms. The van der Waals surface area contributed by atoms with E-state index in [0.29, 0.717) is 6.42 Å². The van der Waals surface area contributed by atoms with Gasteiger partial charge >= 0.3 is 0 Å². The lowest BCUT2D eigenvalue weighted by atomic mass is 9.95. The van der Waals surface area contributed by atoms with Crippen molar-refractivity contribution >= 4 is 5.78 Å². The van der Waals surface area contributed by atoms with Crippen LogP contribution in [0.3, 0.4) is 0 Å². The van der Waals surface area contributed by atoms with Gasteiger partial charge in [0.05, 0.1) is 0 Å². The van der Waals surface area contributed by atoms with E-state index in [4.69, 9.17) is 0 Å². The van der Waals surface area contributed by atoms with Gasteiger partial charge in [0.2, 0.25) is 0 Å². The molecule has 0 radical (unpaired) electrons. The maximum Gasteiger partial charge on any atom is 0.169 e. The standard InChI is InChI=1S/C16H17NO/c1-11-6-4-7-12(2)15(11)10-16(18)14-8-5-9-17-13(14)3/h4-9H,10H2,1-3H3. The average Bonchev–Trinajstić information content (AvgIpc) is 2.34. The first-order valence-corrected chi connectivity index (χ1v) is 6.09. The first-order valence-electron chi connectivity index (χ1n) is 6.09. The van der Waals surface area contributed by atoms with Gasteiger partial charge in [0, 0.05) is 23.9 Å². The number of Topliss-reactive ketones (excluding diaryl/α,β-unsaturated/α-hetero) is 1. The Morgan fingerprint density at radius 3 is 2.33 bits per heavy atom. The number of carbonyl (C=O) groups excluding carboxylic acids is 1. The molecule has 2 aromatic rings. The number of hydrogen-bond donors (Lipinski definition) is 0. The first kappa shape index (κ1) is 12.5. The lowest BCUT2D eigenvalue weighted by Gasteiger charge is -2.09. The first-order chi connectivity index (χ1) is 8.59. The van der Waals surface area contributed by atoms with E-state index in [0.717, 1.165) is 16.8 Å². The molecule has 0 aliphatic rings. The van der Waals surface area contributed by atoms with Crippen molar-refractivity contribution in [2.24, 2.45) is 0 Å². The van der Waals surface area contributed by atoms with Gasteiger partial charge in [-0.3, -0.25) is 9.78 Å². The molecule has 2 nitrogen and oxygen atoms in total. The van der Waals surface area contributed by atoms with Gasteiger partial charge in [-0.05, 0) is 49.6 Å².